The molecule has 2 aliphatic carbocycles. The first kappa shape index (κ1) is 28.3. The molecule has 2 amide bonds. The maximum Gasteiger partial charge on any atom is 0.334 e. The summed E-state index contributed by atoms with van der Waals surface area (Å²) in [6.45, 7) is 6.39. The Morgan fingerprint density at radius 2 is 1.89 bits per heavy atom. The highest BCUT2D eigenvalue weighted by Gasteiger charge is 2.65. The third-order valence-corrected chi connectivity index (χ3v) is 8.11. The quantitative estimate of drug-likeness (QED) is 0.152. The average Bonchev–Trinajstić information content (AvgIpc) is 3.22. The van der Waals surface area contributed by atoms with Crippen molar-refractivity contribution >= 4 is 35.5 Å². The highest BCUT2D eigenvalue weighted by atomic mass is 16.6. The van der Waals surface area contributed by atoms with Gasteiger partial charge in [-0.2, -0.15) is 0 Å². The van der Waals surface area contributed by atoms with Gasteiger partial charge in [0.05, 0.1) is 17.4 Å². The summed E-state index contributed by atoms with van der Waals surface area (Å²) in [5.74, 6) is -7.77. The van der Waals surface area contributed by atoms with E-state index in [9.17, 15) is 33.9 Å². The van der Waals surface area contributed by atoms with Crippen molar-refractivity contribution in [2.24, 2.45) is 34.8 Å². The molecule has 3 aliphatic rings. The first-order valence-electron chi connectivity index (χ1n) is 12.1. The molecule has 0 aromatic heterocycles. The molecule has 13 nitrogen and oxygen atoms in total. The van der Waals surface area contributed by atoms with E-state index < -0.39 is 83.7 Å². The van der Waals surface area contributed by atoms with Crippen molar-refractivity contribution in [2.75, 3.05) is 6.54 Å². The smallest absolute Gasteiger partial charge is 0.334 e. The number of amides is 2. The fourth-order valence-electron chi connectivity index (χ4n) is 6.31. The minimum absolute atomic E-state index is 0.0710. The molecule has 1 aliphatic heterocycles. The summed E-state index contributed by atoms with van der Waals surface area (Å²) in [6.07, 6.45) is -2.48. The van der Waals surface area contributed by atoms with E-state index in [4.69, 9.17) is 20.7 Å². The Morgan fingerprint density at radius 3 is 2.49 bits per heavy atom. The van der Waals surface area contributed by atoms with Crippen LogP contribution in [0.5, 0.6) is 0 Å². The molecule has 37 heavy (non-hydrogen) atoms. The molecule has 0 spiro atoms. The van der Waals surface area contributed by atoms with Gasteiger partial charge in [0.15, 0.2) is 0 Å². The van der Waals surface area contributed by atoms with Crippen LogP contribution in [0.4, 0.5) is 0 Å². The van der Waals surface area contributed by atoms with Gasteiger partial charge in [-0.3, -0.25) is 24.0 Å². The number of carbonyl (C=O) groups excluding carboxylic acids is 4. The number of nitrogens with two attached hydrogens (primary N) is 1. The van der Waals surface area contributed by atoms with Crippen LogP contribution in [0, 0.1) is 29.1 Å². The van der Waals surface area contributed by atoms with E-state index in [0.29, 0.717) is 0 Å². The van der Waals surface area contributed by atoms with Gasteiger partial charge in [0.25, 0.3) is 0 Å². The Morgan fingerprint density at radius 1 is 1.24 bits per heavy atom. The number of hydrogen-bond donors (Lipinski definition) is 6. The summed E-state index contributed by atoms with van der Waals surface area (Å²) >= 11 is 0. The van der Waals surface area contributed by atoms with Crippen molar-refractivity contribution in [3.63, 3.8) is 0 Å². The van der Waals surface area contributed by atoms with Gasteiger partial charge in [-0.05, 0) is 37.5 Å². The molecule has 3 fully saturated rings. The van der Waals surface area contributed by atoms with Gasteiger partial charge < -0.3 is 36.4 Å². The molecule has 0 bridgehead atoms. The highest BCUT2D eigenvalue weighted by molar-refractivity contribution is 5.95. The third kappa shape index (κ3) is 5.23. The summed E-state index contributed by atoms with van der Waals surface area (Å²) in [7, 11) is 0. The standard InChI is InChI=1S/C24H33N3O10/c1-9-6-13-17(10(2)23(36)37-13)20(32)24(3)14(28)7-11(18(9)24)19(21(33)26-8-16(30)31)27-15(29)5-4-12(25)22(34)35/h9,11-13,17-20,32H,2,4-8,25H2,1,3H3,(H,26,33)(H,27,29)(H,30,31)(H,34,35)/t9-,11-,12+,13-,17-,18-,19-,20+,24-/m1/s1. The molecular weight excluding hydrogens is 490 g/mol. The number of esters is 1. The molecular formula is C24H33N3O10. The van der Waals surface area contributed by atoms with Crippen LogP contribution in [-0.2, 0) is 33.5 Å². The number of fused-ring (bicyclic) bond motifs is 2. The van der Waals surface area contributed by atoms with Crippen LogP contribution in [0.15, 0.2) is 12.2 Å². The molecule has 0 aromatic carbocycles. The molecule has 0 unspecified atom stereocenters. The van der Waals surface area contributed by atoms with Crippen LogP contribution < -0.4 is 16.4 Å². The van der Waals surface area contributed by atoms with Crippen LogP contribution in [0.2, 0.25) is 0 Å². The van der Waals surface area contributed by atoms with Gasteiger partial charge in [0, 0.05) is 18.4 Å². The topological polar surface area (TPSA) is 222 Å². The van der Waals surface area contributed by atoms with Crippen molar-refractivity contribution in [2.45, 2.75) is 63.8 Å². The van der Waals surface area contributed by atoms with E-state index >= 15 is 0 Å². The normalized spacial score (nSPS) is 34.4. The molecule has 0 radical (unpaired) electrons. The summed E-state index contributed by atoms with van der Waals surface area (Å²) in [4.78, 5) is 73.4. The number of nitrogens with one attached hydrogen (secondary N) is 2. The van der Waals surface area contributed by atoms with Crippen LogP contribution in [0.3, 0.4) is 0 Å². The number of carboxylic acids is 2. The number of ether oxygens (including phenoxy) is 1. The van der Waals surface area contributed by atoms with Gasteiger partial charge in [-0.15, -0.1) is 0 Å². The number of aliphatic hydroxyl groups excluding tert-OH is 1. The van der Waals surface area contributed by atoms with E-state index in [1.807, 2.05) is 0 Å². The molecule has 1 heterocycles. The van der Waals surface area contributed by atoms with Crippen molar-refractivity contribution < 1.29 is 48.8 Å². The lowest BCUT2D eigenvalue weighted by molar-refractivity contribution is -0.141. The van der Waals surface area contributed by atoms with Crippen LogP contribution in [-0.4, -0.2) is 81.7 Å². The number of aliphatic hydroxyl groups is 1. The zero-order valence-corrected chi connectivity index (χ0v) is 20.6. The van der Waals surface area contributed by atoms with Crippen molar-refractivity contribution in [1.29, 1.82) is 0 Å². The van der Waals surface area contributed by atoms with Gasteiger partial charge in [-0.1, -0.05) is 13.5 Å². The Hall–Kier alpha value is -3.32. The monoisotopic (exact) mass is 523 g/mol. The summed E-state index contributed by atoms with van der Waals surface area (Å²) < 4.78 is 5.41. The second kappa shape index (κ2) is 10.6. The van der Waals surface area contributed by atoms with E-state index in [-0.39, 0.29) is 43.0 Å². The Balaban J connectivity index is 1.93. The zero-order chi connectivity index (χ0) is 27.8. The zero-order valence-electron chi connectivity index (χ0n) is 20.6. The third-order valence-electron chi connectivity index (χ3n) is 8.11. The van der Waals surface area contributed by atoms with Crippen LogP contribution in [0.1, 0.15) is 39.5 Å². The maximum atomic E-state index is 13.5. The molecule has 0 aromatic rings. The highest BCUT2D eigenvalue weighted by Crippen LogP contribution is 2.58. The molecule has 9 atom stereocenters. The van der Waals surface area contributed by atoms with Gasteiger partial charge in [0.1, 0.15) is 30.5 Å². The summed E-state index contributed by atoms with van der Waals surface area (Å²) in [6, 6.07) is -2.64. The molecule has 2 saturated carbocycles. The van der Waals surface area contributed by atoms with E-state index in [2.05, 4.69) is 17.2 Å². The second-order valence-corrected chi connectivity index (χ2v) is 10.4. The van der Waals surface area contributed by atoms with Crippen molar-refractivity contribution in [3.05, 3.63) is 12.2 Å². The first-order chi connectivity index (χ1) is 17.2. The van der Waals surface area contributed by atoms with E-state index in [1.54, 1.807) is 13.8 Å². The lowest BCUT2D eigenvalue weighted by atomic mass is 9.65. The van der Waals surface area contributed by atoms with Gasteiger partial charge >= 0.3 is 17.9 Å². The molecule has 3 rings (SSSR count). The SMILES string of the molecule is C=C1C(=O)O[C@@H]2C[C@@H](C)[C@@H]3[C@H]([C@@H](NC(=O)CC[C@H](N)C(=O)O)C(=O)NCC(=O)O)CC(=O)[C@@]3(C)[C@@H](O)[C@H]12. The first-order valence-corrected chi connectivity index (χ1v) is 12.1. The predicted octanol–water partition coefficient (Wildman–Crippen LogP) is -1.43. The Kier molecular flexibility index (Phi) is 8.08. The van der Waals surface area contributed by atoms with Crippen LogP contribution >= 0.6 is 0 Å². The van der Waals surface area contributed by atoms with Crippen molar-refractivity contribution in [3.8, 4) is 0 Å². The van der Waals surface area contributed by atoms with E-state index in [1.165, 1.54) is 0 Å². The van der Waals surface area contributed by atoms with Crippen molar-refractivity contribution in [1.82, 2.24) is 10.6 Å². The Bertz CT molecular complexity index is 1030. The molecule has 13 heteroatoms. The number of Topliss-reactive ketones (excluding diaryl/α,β-unsaturated/α-hetero) is 1. The predicted molar refractivity (Wildman–Crippen MR) is 124 cm³/mol. The molecule has 204 valence electrons. The number of rotatable bonds is 9. The van der Waals surface area contributed by atoms with E-state index in [0.717, 1.165) is 0 Å². The Labute approximate surface area is 212 Å². The lowest BCUT2D eigenvalue weighted by Crippen LogP contribution is -2.55. The minimum Gasteiger partial charge on any atom is -0.480 e. The number of carbonyl (C=O) groups is 6. The summed E-state index contributed by atoms with van der Waals surface area (Å²) in [5.41, 5.74) is 4.13. The largest absolute Gasteiger partial charge is 0.480 e. The van der Waals surface area contributed by atoms with Crippen LogP contribution in [0.25, 0.3) is 0 Å². The molecule has 1 saturated heterocycles. The number of aliphatic carboxylic acids is 2. The average molecular weight is 524 g/mol. The maximum absolute atomic E-state index is 13.5. The summed E-state index contributed by atoms with van der Waals surface area (Å²) in [5, 5.41) is 34.1. The fourth-order valence-corrected chi connectivity index (χ4v) is 6.31. The second-order valence-electron chi connectivity index (χ2n) is 10.4. The molecule has 7 N–H and O–H groups in total. The minimum atomic E-state index is -1.40. The van der Waals surface area contributed by atoms with Gasteiger partial charge in [-0.25, -0.2) is 4.79 Å². The van der Waals surface area contributed by atoms with Gasteiger partial charge in [0.2, 0.25) is 11.8 Å². The number of hydrogen-bond acceptors (Lipinski definition) is 9. The lowest BCUT2D eigenvalue weighted by Gasteiger charge is -2.40. The fraction of sp³-hybridized carbons (Fsp3) is 0.667. The number of ketones is 1. The number of carboxylic acid groups (broad SMARTS) is 2.